The molecule has 0 amide bonds. The van der Waals surface area contributed by atoms with Crippen LogP contribution < -0.4 is 10.1 Å². The van der Waals surface area contributed by atoms with E-state index < -0.39 is 6.36 Å². The highest BCUT2D eigenvalue weighted by Gasteiger charge is 2.32. The molecule has 6 heteroatoms. The molecule has 0 bridgehead atoms. The van der Waals surface area contributed by atoms with Gasteiger partial charge in [-0.2, -0.15) is 0 Å². The van der Waals surface area contributed by atoms with Crippen molar-refractivity contribution in [1.29, 1.82) is 0 Å². The summed E-state index contributed by atoms with van der Waals surface area (Å²) in [5.74, 6) is -0.211. The summed E-state index contributed by atoms with van der Waals surface area (Å²) in [4.78, 5) is 0. The van der Waals surface area contributed by atoms with E-state index >= 15 is 0 Å². The Morgan fingerprint density at radius 3 is 2.57 bits per heavy atom. The molecule has 1 aromatic carbocycles. The summed E-state index contributed by atoms with van der Waals surface area (Å²) in [5.41, 5.74) is 0.360. The van der Waals surface area contributed by atoms with E-state index in [2.05, 4.69) is 32.9 Å². The second-order valence-electron chi connectivity index (χ2n) is 5.08. The molecule has 0 spiro atoms. The van der Waals surface area contributed by atoms with Crippen molar-refractivity contribution in [1.82, 2.24) is 0 Å². The Morgan fingerprint density at radius 1 is 1.24 bits per heavy atom. The van der Waals surface area contributed by atoms with Crippen molar-refractivity contribution in [3.8, 4) is 5.75 Å². The van der Waals surface area contributed by atoms with Gasteiger partial charge in [-0.3, -0.25) is 0 Å². The molecule has 1 aromatic rings. The van der Waals surface area contributed by atoms with E-state index in [1.54, 1.807) is 12.1 Å². The largest absolute Gasteiger partial charge is 0.573 e. The molecule has 0 fully saturated rings. The van der Waals surface area contributed by atoms with Crippen LogP contribution in [-0.2, 0) is 0 Å². The van der Waals surface area contributed by atoms with Crippen LogP contribution in [0, 0.1) is 0 Å². The van der Waals surface area contributed by atoms with Crippen molar-refractivity contribution in [3.63, 3.8) is 0 Å². The minimum atomic E-state index is -4.69. The molecule has 1 N–H and O–H groups in total. The van der Waals surface area contributed by atoms with Crippen molar-refractivity contribution >= 4 is 21.6 Å². The molecule has 120 valence electrons. The van der Waals surface area contributed by atoms with Crippen LogP contribution in [0.5, 0.6) is 5.75 Å². The summed E-state index contributed by atoms with van der Waals surface area (Å²) in [6.45, 7) is 4.11. The van der Waals surface area contributed by atoms with E-state index in [4.69, 9.17) is 0 Å². The minimum absolute atomic E-state index is 0.0959. The summed E-state index contributed by atoms with van der Waals surface area (Å²) in [6, 6.07) is 4.70. The highest BCUT2D eigenvalue weighted by molar-refractivity contribution is 9.10. The number of nitrogens with one attached hydrogen (secondary N) is 1. The van der Waals surface area contributed by atoms with Crippen LogP contribution in [0.3, 0.4) is 0 Å². The molecular formula is C15H21BrF3NO. The SMILES string of the molecule is CCCCCCC(C)Nc1ccc(Br)cc1OC(F)(F)F. The fourth-order valence-electron chi connectivity index (χ4n) is 2.04. The normalized spacial score (nSPS) is 13.0. The van der Waals surface area contributed by atoms with Crippen LogP contribution in [-0.4, -0.2) is 12.4 Å². The molecule has 1 unspecified atom stereocenters. The average molecular weight is 368 g/mol. The van der Waals surface area contributed by atoms with Crippen LogP contribution in [0.4, 0.5) is 18.9 Å². The van der Waals surface area contributed by atoms with Crippen LogP contribution in [0.1, 0.15) is 46.0 Å². The van der Waals surface area contributed by atoms with E-state index in [1.165, 1.54) is 12.5 Å². The average Bonchev–Trinajstić information content (AvgIpc) is 2.36. The van der Waals surface area contributed by atoms with Gasteiger partial charge in [0.25, 0.3) is 0 Å². The lowest BCUT2D eigenvalue weighted by Crippen LogP contribution is -2.20. The summed E-state index contributed by atoms with van der Waals surface area (Å²) < 4.78 is 41.8. The third kappa shape index (κ3) is 7.60. The molecule has 0 aromatic heterocycles. The van der Waals surface area contributed by atoms with Gasteiger partial charge in [-0.25, -0.2) is 0 Å². The van der Waals surface area contributed by atoms with Crippen molar-refractivity contribution in [2.45, 2.75) is 58.4 Å². The zero-order valence-corrected chi connectivity index (χ0v) is 13.9. The first-order chi connectivity index (χ1) is 9.81. The summed E-state index contributed by atoms with van der Waals surface area (Å²) >= 11 is 3.15. The molecule has 0 heterocycles. The van der Waals surface area contributed by atoms with Gasteiger partial charge in [0.2, 0.25) is 0 Å². The first kappa shape index (κ1) is 18.1. The lowest BCUT2D eigenvalue weighted by atomic mass is 10.1. The third-order valence-electron chi connectivity index (χ3n) is 3.06. The molecule has 21 heavy (non-hydrogen) atoms. The fraction of sp³-hybridized carbons (Fsp3) is 0.600. The van der Waals surface area contributed by atoms with E-state index in [9.17, 15) is 13.2 Å². The predicted octanol–water partition coefficient (Wildman–Crippen LogP) is 6.12. The monoisotopic (exact) mass is 367 g/mol. The van der Waals surface area contributed by atoms with E-state index in [-0.39, 0.29) is 11.8 Å². The lowest BCUT2D eigenvalue weighted by Gasteiger charge is -2.19. The third-order valence-corrected chi connectivity index (χ3v) is 3.56. The maximum atomic E-state index is 12.4. The number of hydrogen-bond acceptors (Lipinski definition) is 2. The second kappa shape index (κ2) is 8.51. The predicted molar refractivity (Wildman–Crippen MR) is 82.7 cm³/mol. The van der Waals surface area contributed by atoms with Crippen LogP contribution in [0.2, 0.25) is 0 Å². The number of ether oxygens (including phenoxy) is 1. The quantitative estimate of drug-likeness (QED) is 0.558. The maximum Gasteiger partial charge on any atom is 0.573 e. The van der Waals surface area contributed by atoms with Gasteiger partial charge in [0, 0.05) is 10.5 Å². The van der Waals surface area contributed by atoms with Crippen LogP contribution in [0.25, 0.3) is 0 Å². The number of rotatable bonds is 8. The van der Waals surface area contributed by atoms with Gasteiger partial charge in [-0.15, -0.1) is 13.2 Å². The molecule has 0 aliphatic rings. The molecule has 1 rings (SSSR count). The summed E-state index contributed by atoms with van der Waals surface area (Å²) in [6.07, 6.45) is 0.789. The minimum Gasteiger partial charge on any atom is -0.404 e. The zero-order valence-electron chi connectivity index (χ0n) is 12.3. The van der Waals surface area contributed by atoms with Gasteiger partial charge < -0.3 is 10.1 Å². The maximum absolute atomic E-state index is 12.4. The van der Waals surface area contributed by atoms with E-state index in [0.717, 1.165) is 25.7 Å². The number of alkyl halides is 3. The number of benzene rings is 1. The Bertz CT molecular complexity index is 437. The molecule has 0 saturated heterocycles. The molecule has 0 saturated carbocycles. The Balaban J connectivity index is 2.64. The van der Waals surface area contributed by atoms with Gasteiger partial charge in [-0.05, 0) is 31.5 Å². The van der Waals surface area contributed by atoms with E-state index in [0.29, 0.717) is 10.2 Å². The Labute approximate surface area is 132 Å². The molecule has 2 nitrogen and oxygen atoms in total. The van der Waals surface area contributed by atoms with Gasteiger partial charge in [-0.1, -0.05) is 48.5 Å². The smallest absolute Gasteiger partial charge is 0.404 e. The molecular weight excluding hydrogens is 347 g/mol. The van der Waals surface area contributed by atoms with Crippen molar-refractivity contribution in [2.75, 3.05) is 5.32 Å². The number of halogens is 4. The van der Waals surface area contributed by atoms with Crippen molar-refractivity contribution in [2.24, 2.45) is 0 Å². The van der Waals surface area contributed by atoms with Crippen molar-refractivity contribution in [3.05, 3.63) is 22.7 Å². The van der Waals surface area contributed by atoms with Gasteiger partial charge in [0.1, 0.15) is 0 Å². The first-order valence-electron chi connectivity index (χ1n) is 7.13. The summed E-state index contributed by atoms with van der Waals surface area (Å²) in [7, 11) is 0. The van der Waals surface area contributed by atoms with Gasteiger partial charge in [0.05, 0.1) is 5.69 Å². The topological polar surface area (TPSA) is 21.3 Å². The van der Waals surface area contributed by atoms with Crippen LogP contribution in [0.15, 0.2) is 22.7 Å². The molecule has 0 aliphatic heterocycles. The number of unbranched alkanes of at least 4 members (excludes halogenated alkanes) is 3. The number of hydrogen-bond donors (Lipinski definition) is 1. The number of anilines is 1. The zero-order chi connectivity index (χ0) is 15.9. The summed E-state index contributed by atoms with van der Waals surface area (Å²) in [5, 5.41) is 3.09. The van der Waals surface area contributed by atoms with Gasteiger partial charge in [0.15, 0.2) is 5.75 Å². The van der Waals surface area contributed by atoms with Crippen LogP contribution >= 0.6 is 15.9 Å². The van der Waals surface area contributed by atoms with Crippen molar-refractivity contribution < 1.29 is 17.9 Å². The molecule has 1 atom stereocenters. The Morgan fingerprint density at radius 2 is 1.95 bits per heavy atom. The molecule has 0 aliphatic carbocycles. The standard InChI is InChI=1S/C15H21BrF3NO/c1-3-4-5-6-7-11(2)20-13-9-8-12(16)10-14(13)21-15(17,18)19/h8-11,20H,3-7H2,1-2H3. The van der Waals surface area contributed by atoms with E-state index in [1.807, 2.05) is 6.92 Å². The highest BCUT2D eigenvalue weighted by atomic mass is 79.9. The fourth-order valence-corrected chi connectivity index (χ4v) is 2.38. The Kier molecular flexibility index (Phi) is 7.35. The molecule has 0 radical (unpaired) electrons. The Hall–Kier alpha value is -0.910. The lowest BCUT2D eigenvalue weighted by molar-refractivity contribution is -0.274. The second-order valence-corrected chi connectivity index (χ2v) is 6.00. The highest BCUT2D eigenvalue weighted by Crippen LogP contribution is 2.33. The van der Waals surface area contributed by atoms with Gasteiger partial charge >= 0.3 is 6.36 Å². The first-order valence-corrected chi connectivity index (χ1v) is 7.93.